The van der Waals surface area contributed by atoms with E-state index in [1.807, 2.05) is 36.1 Å². The maximum absolute atomic E-state index is 12.4. The van der Waals surface area contributed by atoms with Crippen LogP contribution in [0.1, 0.15) is 23.5 Å². The number of anilines is 1. The number of urea groups is 1. The first kappa shape index (κ1) is 15.4. The second kappa shape index (κ2) is 6.73. The second-order valence-electron chi connectivity index (χ2n) is 5.96. The van der Waals surface area contributed by atoms with E-state index in [9.17, 15) is 4.79 Å². The van der Waals surface area contributed by atoms with Crippen LogP contribution in [0.5, 0.6) is 5.75 Å². The van der Waals surface area contributed by atoms with Crippen LogP contribution in [0.25, 0.3) is 0 Å². The molecular formula is C19H22N2O2. The molecule has 2 aromatic carbocycles. The first-order valence-electron chi connectivity index (χ1n) is 7.93. The predicted octanol–water partition coefficient (Wildman–Crippen LogP) is 4.03. The molecule has 0 aromatic heterocycles. The number of amides is 2. The molecule has 120 valence electrons. The van der Waals surface area contributed by atoms with Gasteiger partial charge in [0.1, 0.15) is 5.75 Å². The molecule has 1 aliphatic heterocycles. The van der Waals surface area contributed by atoms with Gasteiger partial charge in [-0.1, -0.05) is 30.3 Å². The largest absolute Gasteiger partial charge is 0.496 e. The molecule has 0 radical (unpaired) electrons. The molecule has 1 saturated heterocycles. The van der Waals surface area contributed by atoms with E-state index in [1.165, 1.54) is 5.56 Å². The Morgan fingerprint density at radius 2 is 2.00 bits per heavy atom. The molecule has 2 aromatic rings. The Hall–Kier alpha value is -2.49. The Labute approximate surface area is 137 Å². The number of nitrogens with zero attached hydrogens (tertiary/aromatic N) is 1. The Bertz CT molecular complexity index is 685. The van der Waals surface area contributed by atoms with Crippen LogP contribution in [-0.2, 0) is 0 Å². The minimum Gasteiger partial charge on any atom is -0.496 e. The molecular weight excluding hydrogens is 288 g/mol. The van der Waals surface area contributed by atoms with Gasteiger partial charge in [0.2, 0.25) is 0 Å². The number of carbonyl (C=O) groups is 1. The van der Waals surface area contributed by atoms with Crippen molar-refractivity contribution in [3.63, 3.8) is 0 Å². The standard InChI is InChI=1S/C19H22N2O2/c1-14-12-17(8-9-18(14)23-2)20-19(22)21-11-10-16(13-21)15-6-4-3-5-7-15/h3-9,12,16H,10-11,13H2,1-2H3,(H,20,22). The van der Waals surface area contributed by atoms with Gasteiger partial charge in [-0.2, -0.15) is 0 Å². The van der Waals surface area contributed by atoms with Gasteiger partial charge in [0, 0.05) is 24.7 Å². The van der Waals surface area contributed by atoms with Crippen molar-refractivity contribution in [1.82, 2.24) is 4.90 Å². The highest BCUT2D eigenvalue weighted by Gasteiger charge is 2.27. The van der Waals surface area contributed by atoms with Crippen molar-refractivity contribution >= 4 is 11.7 Å². The van der Waals surface area contributed by atoms with Crippen LogP contribution in [0.15, 0.2) is 48.5 Å². The van der Waals surface area contributed by atoms with E-state index < -0.39 is 0 Å². The lowest BCUT2D eigenvalue weighted by atomic mass is 9.99. The smallest absolute Gasteiger partial charge is 0.321 e. The zero-order valence-corrected chi connectivity index (χ0v) is 13.6. The Kier molecular flexibility index (Phi) is 4.51. The van der Waals surface area contributed by atoms with Gasteiger partial charge in [0.25, 0.3) is 0 Å². The number of carbonyl (C=O) groups excluding carboxylic acids is 1. The maximum Gasteiger partial charge on any atom is 0.321 e. The number of ether oxygens (including phenoxy) is 1. The number of aryl methyl sites for hydroxylation is 1. The third kappa shape index (κ3) is 3.47. The summed E-state index contributed by atoms with van der Waals surface area (Å²) in [5.41, 5.74) is 3.12. The Balaban J connectivity index is 1.62. The molecule has 1 unspecified atom stereocenters. The average Bonchev–Trinajstić information content (AvgIpc) is 3.06. The van der Waals surface area contributed by atoms with Gasteiger partial charge in [0.15, 0.2) is 0 Å². The van der Waals surface area contributed by atoms with Crippen molar-refractivity contribution in [3.8, 4) is 5.75 Å². The lowest BCUT2D eigenvalue weighted by Crippen LogP contribution is -2.32. The fourth-order valence-electron chi connectivity index (χ4n) is 3.10. The minimum absolute atomic E-state index is 0.0343. The van der Waals surface area contributed by atoms with Crippen LogP contribution in [0.3, 0.4) is 0 Å². The molecule has 1 aliphatic rings. The fourth-order valence-corrected chi connectivity index (χ4v) is 3.10. The topological polar surface area (TPSA) is 41.6 Å². The maximum atomic E-state index is 12.4. The average molecular weight is 310 g/mol. The number of hydrogen-bond donors (Lipinski definition) is 1. The zero-order valence-electron chi connectivity index (χ0n) is 13.6. The molecule has 1 fully saturated rings. The Morgan fingerprint density at radius 3 is 2.70 bits per heavy atom. The quantitative estimate of drug-likeness (QED) is 0.930. The minimum atomic E-state index is -0.0343. The van der Waals surface area contributed by atoms with Gasteiger partial charge in [-0.25, -0.2) is 4.79 Å². The molecule has 1 N–H and O–H groups in total. The van der Waals surface area contributed by atoms with Crippen LogP contribution in [-0.4, -0.2) is 31.1 Å². The summed E-state index contributed by atoms with van der Waals surface area (Å²) in [6.07, 6.45) is 1.01. The SMILES string of the molecule is COc1ccc(NC(=O)N2CCC(c3ccccc3)C2)cc1C. The molecule has 4 heteroatoms. The van der Waals surface area contributed by atoms with Crippen LogP contribution in [0, 0.1) is 6.92 Å². The summed E-state index contributed by atoms with van der Waals surface area (Å²) in [6, 6.07) is 16.0. The summed E-state index contributed by atoms with van der Waals surface area (Å²) < 4.78 is 5.24. The van der Waals surface area contributed by atoms with E-state index in [0.29, 0.717) is 5.92 Å². The number of likely N-dealkylation sites (tertiary alicyclic amines) is 1. The summed E-state index contributed by atoms with van der Waals surface area (Å²) >= 11 is 0. The molecule has 23 heavy (non-hydrogen) atoms. The van der Waals surface area contributed by atoms with Gasteiger partial charge >= 0.3 is 6.03 Å². The molecule has 0 saturated carbocycles. The third-order valence-electron chi connectivity index (χ3n) is 4.39. The number of methoxy groups -OCH3 is 1. The van der Waals surface area contributed by atoms with Crippen LogP contribution in [0.4, 0.5) is 10.5 Å². The number of benzene rings is 2. The van der Waals surface area contributed by atoms with Crippen molar-refractivity contribution < 1.29 is 9.53 Å². The van der Waals surface area contributed by atoms with Gasteiger partial charge in [-0.15, -0.1) is 0 Å². The highest BCUT2D eigenvalue weighted by Crippen LogP contribution is 2.28. The molecule has 2 amide bonds. The fraction of sp³-hybridized carbons (Fsp3) is 0.316. The lowest BCUT2D eigenvalue weighted by molar-refractivity contribution is 0.222. The first-order chi connectivity index (χ1) is 11.2. The second-order valence-corrected chi connectivity index (χ2v) is 5.96. The monoisotopic (exact) mass is 310 g/mol. The normalized spacial score (nSPS) is 17.1. The molecule has 4 nitrogen and oxygen atoms in total. The predicted molar refractivity (Wildman–Crippen MR) is 92.1 cm³/mol. The van der Waals surface area contributed by atoms with Crippen molar-refractivity contribution in [2.75, 3.05) is 25.5 Å². The molecule has 0 spiro atoms. The van der Waals surface area contributed by atoms with Gasteiger partial charge in [-0.3, -0.25) is 0 Å². The van der Waals surface area contributed by atoms with Crippen LogP contribution < -0.4 is 10.1 Å². The van der Waals surface area contributed by atoms with E-state index >= 15 is 0 Å². The highest BCUT2D eigenvalue weighted by atomic mass is 16.5. The number of hydrogen-bond acceptors (Lipinski definition) is 2. The van der Waals surface area contributed by atoms with Crippen molar-refractivity contribution in [2.45, 2.75) is 19.3 Å². The summed E-state index contributed by atoms with van der Waals surface area (Å²) in [5.74, 6) is 1.26. The van der Waals surface area contributed by atoms with Gasteiger partial charge < -0.3 is 15.0 Å². The highest BCUT2D eigenvalue weighted by molar-refractivity contribution is 5.89. The molecule has 0 aliphatic carbocycles. The molecule has 1 heterocycles. The van der Waals surface area contributed by atoms with Crippen LogP contribution >= 0.6 is 0 Å². The van der Waals surface area contributed by atoms with Crippen molar-refractivity contribution in [1.29, 1.82) is 0 Å². The summed E-state index contributed by atoms with van der Waals surface area (Å²) in [5, 5.41) is 2.98. The van der Waals surface area contributed by atoms with E-state index in [1.54, 1.807) is 7.11 Å². The summed E-state index contributed by atoms with van der Waals surface area (Å²) in [6.45, 7) is 3.53. The van der Waals surface area contributed by atoms with Crippen LogP contribution in [0.2, 0.25) is 0 Å². The number of nitrogens with one attached hydrogen (secondary N) is 1. The lowest BCUT2D eigenvalue weighted by Gasteiger charge is -2.18. The van der Waals surface area contributed by atoms with E-state index in [2.05, 4.69) is 29.6 Å². The third-order valence-corrected chi connectivity index (χ3v) is 4.39. The molecule has 3 rings (SSSR count). The van der Waals surface area contributed by atoms with E-state index in [4.69, 9.17) is 4.74 Å². The first-order valence-corrected chi connectivity index (χ1v) is 7.93. The number of rotatable bonds is 3. The van der Waals surface area contributed by atoms with Crippen molar-refractivity contribution in [2.24, 2.45) is 0 Å². The summed E-state index contributed by atoms with van der Waals surface area (Å²) in [7, 11) is 1.65. The molecule has 1 atom stereocenters. The van der Waals surface area contributed by atoms with E-state index in [0.717, 1.165) is 36.5 Å². The van der Waals surface area contributed by atoms with Gasteiger partial charge in [0.05, 0.1) is 7.11 Å². The van der Waals surface area contributed by atoms with Gasteiger partial charge in [-0.05, 0) is 42.7 Å². The van der Waals surface area contributed by atoms with Crippen molar-refractivity contribution in [3.05, 3.63) is 59.7 Å². The van der Waals surface area contributed by atoms with E-state index in [-0.39, 0.29) is 6.03 Å². The summed E-state index contributed by atoms with van der Waals surface area (Å²) in [4.78, 5) is 14.3. The molecule has 0 bridgehead atoms. The Morgan fingerprint density at radius 1 is 1.22 bits per heavy atom. The zero-order chi connectivity index (χ0) is 16.2.